The Hall–Kier alpha value is -3.06. The van der Waals surface area contributed by atoms with Gasteiger partial charge in [-0.25, -0.2) is 0 Å². The number of likely N-dealkylation sites (tertiary alicyclic amines) is 2. The second kappa shape index (κ2) is 10.5. The molecule has 4 rings (SSSR count). The van der Waals surface area contributed by atoms with Crippen LogP contribution in [0.5, 0.6) is 0 Å². The molecular weight excluding hydrogens is 400 g/mol. The van der Waals surface area contributed by atoms with Crippen LogP contribution in [-0.4, -0.2) is 59.5 Å². The second-order valence-corrected chi connectivity index (χ2v) is 8.78. The first kappa shape index (κ1) is 22.1. The molecule has 0 atom stereocenters. The Kier molecular flexibility index (Phi) is 7.27. The molecule has 5 N–H and O–H groups in total. The number of benzene rings is 1. The van der Waals surface area contributed by atoms with Crippen molar-refractivity contribution in [1.82, 2.24) is 14.8 Å². The molecule has 170 valence electrons. The summed E-state index contributed by atoms with van der Waals surface area (Å²) in [6.45, 7) is 4.24. The number of piperidine rings is 2. The zero-order valence-electron chi connectivity index (χ0n) is 18.6. The van der Waals surface area contributed by atoms with Gasteiger partial charge in [0, 0.05) is 43.2 Å². The van der Waals surface area contributed by atoms with Crippen LogP contribution in [0.25, 0.3) is 10.9 Å². The molecule has 0 radical (unpaired) electrons. The fourth-order valence-electron chi connectivity index (χ4n) is 4.82. The molecule has 7 heteroatoms. The van der Waals surface area contributed by atoms with E-state index in [2.05, 4.69) is 44.4 Å². The molecule has 1 aromatic heterocycles. The number of carbonyl (C=O) groups excluding carboxylic acids is 1. The summed E-state index contributed by atoms with van der Waals surface area (Å²) in [5.41, 5.74) is 14.2. The molecule has 2 fully saturated rings. The van der Waals surface area contributed by atoms with Crippen LogP contribution >= 0.6 is 0 Å². The van der Waals surface area contributed by atoms with Crippen molar-refractivity contribution in [2.75, 3.05) is 38.0 Å². The van der Waals surface area contributed by atoms with Crippen LogP contribution in [0.4, 0.5) is 5.69 Å². The third-order valence-corrected chi connectivity index (χ3v) is 6.67. The van der Waals surface area contributed by atoms with Gasteiger partial charge in [-0.15, -0.1) is 0 Å². The van der Waals surface area contributed by atoms with Crippen molar-refractivity contribution in [2.45, 2.75) is 31.7 Å². The number of aromatic nitrogens is 1. The summed E-state index contributed by atoms with van der Waals surface area (Å²) in [4.78, 5) is 22.1. The molecule has 2 aliphatic rings. The maximum atomic E-state index is 13.1. The molecule has 2 aliphatic heterocycles. The number of pyridine rings is 1. The standard InChI is InChI=1S/C25H34N6O/c26-11-6-19(17-27)18-30-13-7-21(8-14-30)25(32)31-15-9-22(10-16-31)29-23-5-1-3-20-4-2-12-28-24(20)23/h1-6,11-12,17,21-22,29H,7-10,13-16,18,26-27H2/b11-6-,19-17+. The van der Waals surface area contributed by atoms with Gasteiger partial charge in [0.2, 0.25) is 5.91 Å². The number of rotatable bonds is 6. The topological polar surface area (TPSA) is 101 Å². The molecule has 0 bridgehead atoms. The minimum absolute atomic E-state index is 0.133. The van der Waals surface area contributed by atoms with Gasteiger partial charge >= 0.3 is 0 Å². The number of carbonyl (C=O) groups is 1. The molecule has 2 saturated heterocycles. The van der Waals surface area contributed by atoms with E-state index in [9.17, 15) is 4.79 Å². The lowest BCUT2D eigenvalue weighted by atomic mass is 9.93. The van der Waals surface area contributed by atoms with Crippen LogP contribution < -0.4 is 16.8 Å². The fourth-order valence-corrected chi connectivity index (χ4v) is 4.82. The van der Waals surface area contributed by atoms with Crippen LogP contribution in [0.1, 0.15) is 25.7 Å². The highest BCUT2D eigenvalue weighted by Gasteiger charge is 2.31. The van der Waals surface area contributed by atoms with Crippen molar-refractivity contribution >= 4 is 22.5 Å². The molecule has 1 amide bonds. The van der Waals surface area contributed by atoms with Gasteiger partial charge < -0.3 is 21.7 Å². The lowest BCUT2D eigenvalue weighted by Crippen LogP contribution is -2.47. The molecule has 2 aromatic rings. The van der Waals surface area contributed by atoms with Crippen LogP contribution in [0, 0.1) is 5.92 Å². The maximum Gasteiger partial charge on any atom is 0.225 e. The maximum absolute atomic E-state index is 13.1. The second-order valence-electron chi connectivity index (χ2n) is 8.78. The quantitative estimate of drug-likeness (QED) is 0.605. The first-order chi connectivity index (χ1) is 15.7. The SMILES string of the molecule is N/C=C\C(=C/N)CN1CCC(C(=O)N2CCC(Nc3cccc4cccnc34)CC2)CC1. The van der Waals surface area contributed by atoms with E-state index in [1.54, 1.807) is 6.20 Å². The smallest absolute Gasteiger partial charge is 0.225 e. The van der Waals surface area contributed by atoms with Crippen molar-refractivity contribution in [1.29, 1.82) is 0 Å². The number of nitrogens with zero attached hydrogens (tertiary/aromatic N) is 3. The summed E-state index contributed by atoms with van der Waals surface area (Å²) in [6, 6.07) is 10.7. The number of hydrogen-bond acceptors (Lipinski definition) is 6. The van der Waals surface area contributed by atoms with Crippen molar-refractivity contribution in [3.05, 3.63) is 60.6 Å². The van der Waals surface area contributed by atoms with Crippen LogP contribution in [-0.2, 0) is 4.79 Å². The lowest BCUT2D eigenvalue weighted by Gasteiger charge is -2.37. The summed E-state index contributed by atoms with van der Waals surface area (Å²) in [5.74, 6) is 0.458. The van der Waals surface area contributed by atoms with Crippen molar-refractivity contribution in [3.63, 3.8) is 0 Å². The van der Waals surface area contributed by atoms with Crippen molar-refractivity contribution in [2.24, 2.45) is 17.4 Å². The molecule has 3 heterocycles. The summed E-state index contributed by atoms with van der Waals surface area (Å²) in [7, 11) is 0. The minimum atomic E-state index is 0.133. The average Bonchev–Trinajstić information content (AvgIpc) is 2.84. The van der Waals surface area contributed by atoms with E-state index in [1.165, 1.54) is 6.20 Å². The van der Waals surface area contributed by atoms with E-state index in [1.807, 2.05) is 18.3 Å². The van der Waals surface area contributed by atoms with E-state index >= 15 is 0 Å². The molecule has 32 heavy (non-hydrogen) atoms. The van der Waals surface area contributed by atoms with Gasteiger partial charge in [0.05, 0.1) is 11.2 Å². The highest BCUT2D eigenvalue weighted by atomic mass is 16.2. The van der Waals surface area contributed by atoms with Gasteiger partial charge in [-0.1, -0.05) is 18.2 Å². The molecule has 1 aromatic carbocycles. The van der Waals surface area contributed by atoms with Gasteiger partial charge in [-0.3, -0.25) is 14.7 Å². The summed E-state index contributed by atoms with van der Waals surface area (Å²) in [5, 5.41) is 4.81. The number of anilines is 1. The molecule has 0 spiro atoms. The first-order valence-corrected chi connectivity index (χ1v) is 11.6. The van der Waals surface area contributed by atoms with Gasteiger partial charge in [0.15, 0.2) is 0 Å². The Morgan fingerprint density at radius 2 is 1.81 bits per heavy atom. The highest BCUT2D eigenvalue weighted by molar-refractivity contribution is 5.90. The van der Waals surface area contributed by atoms with Gasteiger partial charge in [-0.2, -0.15) is 0 Å². The number of nitrogens with one attached hydrogen (secondary N) is 1. The number of para-hydroxylation sites is 1. The Morgan fingerprint density at radius 3 is 2.53 bits per heavy atom. The van der Waals surface area contributed by atoms with E-state index in [0.29, 0.717) is 11.9 Å². The van der Waals surface area contributed by atoms with Gasteiger partial charge in [0.25, 0.3) is 0 Å². The minimum Gasteiger partial charge on any atom is -0.405 e. The fraction of sp³-hybridized carbons (Fsp3) is 0.440. The van der Waals surface area contributed by atoms with Crippen LogP contribution in [0.3, 0.4) is 0 Å². The largest absolute Gasteiger partial charge is 0.405 e. The molecular formula is C25H34N6O. The van der Waals surface area contributed by atoms with Crippen LogP contribution in [0.2, 0.25) is 0 Å². The van der Waals surface area contributed by atoms with Crippen molar-refractivity contribution < 1.29 is 4.79 Å². The summed E-state index contributed by atoms with van der Waals surface area (Å²) >= 11 is 0. The van der Waals surface area contributed by atoms with E-state index in [-0.39, 0.29) is 5.92 Å². The third kappa shape index (κ3) is 5.22. The Balaban J connectivity index is 1.25. The average molecular weight is 435 g/mol. The monoisotopic (exact) mass is 434 g/mol. The third-order valence-electron chi connectivity index (χ3n) is 6.67. The van der Waals surface area contributed by atoms with Crippen LogP contribution in [0.15, 0.2) is 60.6 Å². The molecule has 0 aliphatic carbocycles. The normalized spacial score (nSPS) is 19.6. The summed E-state index contributed by atoms with van der Waals surface area (Å²) in [6.07, 6.45) is 10.5. The zero-order valence-corrected chi connectivity index (χ0v) is 18.6. The molecule has 0 unspecified atom stereocenters. The molecule has 0 saturated carbocycles. The lowest BCUT2D eigenvalue weighted by molar-refractivity contribution is -0.138. The van der Waals surface area contributed by atoms with Gasteiger partial charge in [0.1, 0.15) is 0 Å². The first-order valence-electron chi connectivity index (χ1n) is 11.6. The Bertz CT molecular complexity index is 966. The number of amides is 1. The van der Waals surface area contributed by atoms with E-state index in [0.717, 1.165) is 80.6 Å². The zero-order chi connectivity index (χ0) is 22.3. The summed E-state index contributed by atoms with van der Waals surface area (Å²) < 4.78 is 0. The predicted octanol–water partition coefficient (Wildman–Crippen LogP) is 2.66. The van der Waals surface area contributed by atoms with Gasteiger partial charge in [-0.05, 0) is 75.0 Å². The van der Waals surface area contributed by atoms with E-state index in [4.69, 9.17) is 11.5 Å². The molecule has 7 nitrogen and oxygen atoms in total. The van der Waals surface area contributed by atoms with E-state index < -0.39 is 0 Å². The number of hydrogen-bond donors (Lipinski definition) is 3. The number of fused-ring (bicyclic) bond motifs is 1. The number of nitrogens with two attached hydrogens (primary N) is 2. The van der Waals surface area contributed by atoms with Crippen molar-refractivity contribution in [3.8, 4) is 0 Å². The Labute approximate surface area is 190 Å². The Morgan fingerprint density at radius 1 is 1.06 bits per heavy atom. The highest BCUT2D eigenvalue weighted by Crippen LogP contribution is 2.26. The predicted molar refractivity (Wildman–Crippen MR) is 130 cm³/mol.